The SMILES string of the molecule is Cc1cc(C)cc(-c2ncc(N)cc2C)c1. The van der Waals surface area contributed by atoms with Crippen LogP contribution in [0.3, 0.4) is 0 Å². The van der Waals surface area contributed by atoms with Gasteiger partial charge in [0.25, 0.3) is 0 Å². The molecule has 2 nitrogen and oxygen atoms in total. The zero-order valence-corrected chi connectivity index (χ0v) is 9.91. The highest BCUT2D eigenvalue weighted by Gasteiger charge is 2.04. The first-order valence-corrected chi connectivity index (χ1v) is 5.37. The number of aromatic nitrogens is 1. The Morgan fingerprint density at radius 3 is 2.12 bits per heavy atom. The Balaban J connectivity index is 2.58. The Kier molecular flexibility index (Phi) is 2.65. The average molecular weight is 212 g/mol. The topological polar surface area (TPSA) is 38.9 Å². The number of nitrogen functional groups attached to an aromatic ring is 1. The molecule has 16 heavy (non-hydrogen) atoms. The van der Waals surface area contributed by atoms with Gasteiger partial charge in [-0.1, -0.05) is 17.2 Å². The van der Waals surface area contributed by atoms with Gasteiger partial charge in [-0.3, -0.25) is 4.98 Å². The summed E-state index contributed by atoms with van der Waals surface area (Å²) in [5.41, 5.74) is 12.2. The van der Waals surface area contributed by atoms with Crippen molar-refractivity contribution in [2.75, 3.05) is 5.73 Å². The number of pyridine rings is 1. The van der Waals surface area contributed by atoms with Crippen molar-refractivity contribution >= 4 is 5.69 Å². The van der Waals surface area contributed by atoms with E-state index in [0.29, 0.717) is 5.69 Å². The van der Waals surface area contributed by atoms with E-state index in [0.717, 1.165) is 16.8 Å². The molecule has 0 unspecified atom stereocenters. The fourth-order valence-corrected chi connectivity index (χ4v) is 2.01. The predicted molar refractivity (Wildman–Crippen MR) is 68.3 cm³/mol. The van der Waals surface area contributed by atoms with Crippen LogP contribution in [0.15, 0.2) is 30.5 Å². The summed E-state index contributed by atoms with van der Waals surface area (Å²) in [5, 5.41) is 0. The van der Waals surface area contributed by atoms with Crippen molar-refractivity contribution < 1.29 is 0 Å². The molecule has 0 aliphatic heterocycles. The minimum atomic E-state index is 0.714. The molecule has 0 spiro atoms. The summed E-state index contributed by atoms with van der Waals surface area (Å²) in [5.74, 6) is 0. The maximum atomic E-state index is 5.70. The van der Waals surface area contributed by atoms with Gasteiger partial charge in [-0.05, 0) is 44.5 Å². The first kappa shape index (κ1) is 10.7. The Hall–Kier alpha value is -1.83. The van der Waals surface area contributed by atoms with E-state index in [9.17, 15) is 0 Å². The van der Waals surface area contributed by atoms with Crippen molar-refractivity contribution in [1.29, 1.82) is 0 Å². The third-order valence-corrected chi connectivity index (χ3v) is 2.59. The molecular weight excluding hydrogens is 196 g/mol. The van der Waals surface area contributed by atoms with Gasteiger partial charge in [-0.15, -0.1) is 0 Å². The average Bonchev–Trinajstić information content (AvgIpc) is 2.15. The lowest BCUT2D eigenvalue weighted by Crippen LogP contribution is -1.93. The third kappa shape index (κ3) is 2.06. The number of hydrogen-bond donors (Lipinski definition) is 1. The summed E-state index contributed by atoms with van der Waals surface area (Å²) in [4.78, 5) is 4.41. The van der Waals surface area contributed by atoms with Crippen LogP contribution in [0, 0.1) is 20.8 Å². The van der Waals surface area contributed by atoms with Crippen molar-refractivity contribution in [2.24, 2.45) is 0 Å². The van der Waals surface area contributed by atoms with Crippen LogP contribution < -0.4 is 5.73 Å². The largest absolute Gasteiger partial charge is 0.397 e. The monoisotopic (exact) mass is 212 g/mol. The summed E-state index contributed by atoms with van der Waals surface area (Å²) in [6.45, 7) is 6.24. The molecule has 82 valence electrons. The first-order chi connectivity index (χ1) is 7.56. The minimum absolute atomic E-state index is 0.714. The lowest BCUT2D eigenvalue weighted by atomic mass is 10.0. The van der Waals surface area contributed by atoms with Crippen LogP contribution in [0.4, 0.5) is 5.69 Å². The maximum Gasteiger partial charge on any atom is 0.0732 e. The number of nitrogens with zero attached hydrogens (tertiary/aromatic N) is 1. The molecule has 0 saturated carbocycles. The predicted octanol–water partition coefficient (Wildman–Crippen LogP) is 3.26. The molecule has 2 heteroatoms. The van der Waals surface area contributed by atoms with Gasteiger partial charge >= 0.3 is 0 Å². The molecule has 1 heterocycles. The van der Waals surface area contributed by atoms with Crippen molar-refractivity contribution in [1.82, 2.24) is 4.98 Å². The lowest BCUT2D eigenvalue weighted by molar-refractivity contribution is 1.26. The minimum Gasteiger partial charge on any atom is -0.397 e. The van der Waals surface area contributed by atoms with Gasteiger partial charge < -0.3 is 5.73 Å². The number of nitrogens with two attached hydrogens (primary N) is 1. The molecule has 0 radical (unpaired) electrons. The van der Waals surface area contributed by atoms with Crippen molar-refractivity contribution in [2.45, 2.75) is 20.8 Å². The Morgan fingerprint density at radius 2 is 1.56 bits per heavy atom. The fourth-order valence-electron chi connectivity index (χ4n) is 2.01. The molecule has 2 N–H and O–H groups in total. The van der Waals surface area contributed by atoms with Crippen LogP contribution in [0.2, 0.25) is 0 Å². The van der Waals surface area contributed by atoms with E-state index in [4.69, 9.17) is 5.73 Å². The number of rotatable bonds is 1. The van der Waals surface area contributed by atoms with Crippen LogP contribution in [0.25, 0.3) is 11.3 Å². The molecule has 0 atom stereocenters. The van der Waals surface area contributed by atoms with Gasteiger partial charge in [-0.25, -0.2) is 0 Å². The van der Waals surface area contributed by atoms with Gasteiger partial charge in [-0.2, -0.15) is 0 Å². The van der Waals surface area contributed by atoms with Crippen LogP contribution in [0.1, 0.15) is 16.7 Å². The standard InChI is InChI=1S/C14H16N2/c1-9-4-10(2)6-12(5-9)14-11(3)7-13(15)8-16-14/h4-8H,15H2,1-3H3. The number of hydrogen-bond acceptors (Lipinski definition) is 2. The summed E-state index contributed by atoms with van der Waals surface area (Å²) in [6, 6.07) is 8.42. The highest BCUT2D eigenvalue weighted by molar-refractivity contribution is 5.66. The maximum absolute atomic E-state index is 5.70. The van der Waals surface area contributed by atoms with E-state index in [2.05, 4.69) is 37.0 Å². The molecular formula is C14H16N2. The molecule has 1 aromatic heterocycles. The molecule has 0 aliphatic rings. The van der Waals surface area contributed by atoms with Gasteiger partial charge in [0.1, 0.15) is 0 Å². The zero-order valence-electron chi connectivity index (χ0n) is 9.91. The van der Waals surface area contributed by atoms with Crippen molar-refractivity contribution in [3.63, 3.8) is 0 Å². The third-order valence-electron chi connectivity index (χ3n) is 2.59. The van der Waals surface area contributed by atoms with E-state index in [-0.39, 0.29) is 0 Å². The van der Waals surface area contributed by atoms with E-state index in [1.807, 2.05) is 13.0 Å². The van der Waals surface area contributed by atoms with Gasteiger partial charge in [0.2, 0.25) is 0 Å². The number of aryl methyl sites for hydroxylation is 3. The molecule has 2 rings (SSSR count). The van der Waals surface area contributed by atoms with Gasteiger partial charge in [0, 0.05) is 5.56 Å². The Bertz CT molecular complexity index is 510. The highest BCUT2D eigenvalue weighted by Crippen LogP contribution is 2.24. The molecule has 0 fully saturated rings. The Morgan fingerprint density at radius 1 is 0.938 bits per heavy atom. The molecule has 0 amide bonds. The van der Waals surface area contributed by atoms with E-state index < -0.39 is 0 Å². The fraction of sp³-hybridized carbons (Fsp3) is 0.214. The number of benzene rings is 1. The Labute approximate surface area is 96.1 Å². The number of anilines is 1. The van der Waals surface area contributed by atoms with Crippen molar-refractivity contribution in [3.05, 3.63) is 47.2 Å². The van der Waals surface area contributed by atoms with Crippen LogP contribution in [0.5, 0.6) is 0 Å². The van der Waals surface area contributed by atoms with E-state index in [1.54, 1.807) is 6.20 Å². The molecule has 0 bridgehead atoms. The quantitative estimate of drug-likeness (QED) is 0.788. The van der Waals surface area contributed by atoms with Crippen molar-refractivity contribution in [3.8, 4) is 11.3 Å². The summed E-state index contributed by atoms with van der Waals surface area (Å²) < 4.78 is 0. The normalized spacial score (nSPS) is 10.4. The lowest BCUT2D eigenvalue weighted by Gasteiger charge is -2.08. The van der Waals surface area contributed by atoms with Gasteiger partial charge in [0.05, 0.1) is 17.6 Å². The summed E-state index contributed by atoms with van der Waals surface area (Å²) in [7, 11) is 0. The van der Waals surface area contributed by atoms with Crippen LogP contribution in [-0.4, -0.2) is 4.98 Å². The second-order valence-electron chi connectivity index (χ2n) is 4.31. The molecule has 2 aromatic rings. The highest BCUT2D eigenvalue weighted by atomic mass is 14.7. The van der Waals surface area contributed by atoms with Gasteiger partial charge in [0.15, 0.2) is 0 Å². The van der Waals surface area contributed by atoms with Crippen LogP contribution in [-0.2, 0) is 0 Å². The molecule has 1 aromatic carbocycles. The van der Waals surface area contributed by atoms with Crippen LogP contribution >= 0.6 is 0 Å². The zero-order chi connectivity index (χ0) is 11.7. The van der Waals surface area contributed by atoms with E-state index in [1.165, 1.54) is 11.1 Å². The smallest absolute Gasteiger partial charge is 0.0732 e. The molecule has 0 aliphatic carbocycles. The second kappa shape index (κ2) is 3.97. The molecule has 0 saturated heterocycles. The summed E-state index contributed by atoms with van der Waals surface area (Å²) in [6.07, 6.45) is 1.71. The second-order valence-corrected chi connectivity index (χ2v) is 4.31. The first-order valence-electron chi connectivity index (χ1n) is 5.37. The summed E-state index contributed by atoms with van der Waals surface area (Å²) >= 11 is 0. The van der Waals surface area contributed by atoms with E-state index >= 15 is 0 Å².